The number of hydrogen-bond donors (Lipinski definition) is 1. The molecular weight excluding hydrogens is 270 g/mol. The van der Waals surface area contributed by atoms with E-state index in [1.807, 2.05) is 40.7 Å². The molecule has 6 heteroatoms. The van der Waals surface area contributed by atoms with Crippen molar-refractivity contribution in [3.63, 3.8) is 0 Å². The van der Waals surface area contributed by atoms with Gasteiger partial charge in [-0.1, -0.05) is 6.07 Å². The Morgan fingerprint density at radius 3 is 2.90 bits per heavy atom. The molecule has 1 N–H and O–H groups in total. The van der Waals surface area contributed by atoms with E-state index in [2.05, 4.69) is 34.2 Å². The summed E-state index contributed by atoms with van der Waals surface area (Å²) in [4.78, 5) is 8.78. The second kappa shape index (κ2) is 5.42. The Labute approximate surface area is 121 Å². The van der Waals surface area contributed by atoms with Crippen molar-refractivity contribution in [2.45, 2.75) is 19.9 Å². The molecule has 0 saturated heterocycles. The van der Waals surface area contributed by atoms with Crippen LogP contribution in [0, 0.1) is 0 Å². The van der Waals surface area contributed by atoms with Gasteiger partial charge in [-0.15, -0.1) is 11.3 Å². The molecule has 102 valence electrons. The lowest BCUT2D eigenvalue weighted by molar-refractivity contribution is 0.532. The fourth-order valence-electron chi connectivity index (χ4n) is 1.76. The molecular formula is C14H15N5S. The molecule has 3 aromatic rings. The molecule has 0 aliphatic carbocycles. The molecule has 0 aromatic carbocycles. The Balaban J connectivity index is 1.79. The highest BCUT2D eigenvalue weighted by atomic mass is 32.1. The van der Waals surface area contributed by atoms with Crippen LogP contribution in [0.15, 0.2) is 42.2 Å². The number of rotatable bonds is 4. The van der Waals surface area contributed by atoms with Gasteiger partial charge in [-0.05, 0) is 26.0 Å². The van der Waals surface area contributed by atoms with E-state index in [0.29, 0.717) is 6.04 Å². The maximum Gasteiger partial charge on any atom is 0.188 e. The quantitative estimate of drug-likeness (QED) is 0.793. The Morgan fingerprint density at radius 1 is 1.30 bits per heavy atom. The van der Waals surface area contributed by atoms with Gasteiger partial charge < -0.3 is 5.32 Å². The summed E-state index contributed by atoms with van der Waals surface area (Å²) in [6.45, 7) is 4.21. The van der Waals surface area contributed by atoms with Crippen LogP contribution in [-0.4, -0.2) is 19.7 Å². The molecule has 0 spiro atoms. The van der Waals surface area contributed by atoms with Crippen molar-refractivity contribution in [3.05, 3.63) is 42.2 Å². The average molecular weight is 285 g/mol. The highest BCUT2D eigenvalue weighted by molar-refractivity contribution is 7.14. The van der Waals surface area contributed by atoms with Gasteiger partial charge in [0.2, 0.25) is 0 Å². The summed E-state index contributed by atoms with van der Waals surface area (Å²) in [5.74, 6) is 0.797. The summed E-state index contributed by atoms with van der Waals surface area (Å²) in [7, 11) is 0. The van der Waals surface area contributed by atoms with E-state index in [9.17, 15) is 0 Å². The predicted octanol–water partition coefficient (Wildman–Crippen LogP) is 3.73. The molecule has 5 nitrogen and oxygen atoms in total. The highest BCUT2D eigenvalue weighted by Crippen LogP contribution is 2.26. The second-order valence-corrected chi connectivity index (χ2v) is 5.54. The first-order chi connectivity index (χ1) is 9.72. The van der Waals surface area contributed by atoms with Crippen LogP contribution in [-0.2, 0) is 0 Å². The van der Waals surface area contributed by atoms with E-state index in [1.165, 1.54) is 0 Å². The third-order valence-corrected chi connectivity index (χ3v) is 3.59. The van der Waals surface area contributed by atoms with Crippen molar-refractivity contribution in [1.82, 2.24) is 19.7 Å². The van der Waals surface area contributed by atoms with Gasteiger partial charge >= 0.3 is 0 Å². The van der Waals surface area contributed by atoms with E-state index < -0.39 is 0 Å². The Kier molecular flexibility index (Phi) is 3.47. The zero-order valence-corrected chi connectivity index (χ0v) is 12.1. The van der Waals surface area contributed by atoms with Crippen molar-refractivity contribution in [3.8, 4) is 11.3 Å². The number of pyridine rings is 1. The van der Waals surface area contributed by atoms with E-state index in [-0.39, 0.29) is 0 Å². The van der Waals surface area contributed by atoms with Crippen molar-refractivity contribution < 1.29 is 0 Å². The van der Waals surface area contributed by atoms with Crippen molar-refractivity contribution >= 4 is 22.3 Å². The minimum Gasteiger partial charge on any atom is -0.316 e. The van der Waals surface area contributed by atoms with E-state index in [4.69, 9.17) is 0 Å². The normalized spacial score (nSPS) is 10.9. The zero-order chi connectivity index (χ0) is 13.9. The van der Waals surface area contributed by atoms with Crippen LogP contribution < -0.4 is 5.32 Å². The van der Waals surface area contributed by atoms with E-state index in [1.54, 1.807) is 17.5 Å². The molecule has 0 unspecified atom stereocenters. The molecule has 0 saturated carbocycles. The maximum atomic E-state index is 4.56. The van der Waals surface area contributed by atoms with Crippen molar-refractivity contribution in [2.24, 2.45) is 0 Å². The second-order valence-electron chi connectivity index (χ2n) is 4.68. The Hall–Kier alpha value is -2.21. The summed E-state index contributed by atoms with van der Waals surface area (Å²) >= 11 is 1.56. The first-order valence-electron chi connectivity index (χ1n) is 6.40. The smallest absolute Gasteiger partial charge is 0.188 e. The van der Waals surface area contributed by atoms with Crippen LogP contribution in [0.4, 0.5) is 10.9 Å². The molecule has 0 amide bonds. The first-order valence-corrected chi connectivity index (χ1v) is 7.28. The minimum atomic E-state index is 0.355. The Bertz CT molecular complexity index is 686. The molecule has 0 fully saturated rings. The molecule has 0 aliphatic rings. The zero-order valence-electron chi connectivity index (χ0n) is 11.3. The van der Waals surface area contributed by atoms with Gasteiger partial charge in [0.25, 0.3) is 0 Å². The number of aromatic nitrogens is 4. The fraction of sp³-hybridized carbons (Fsp3) is 0.214. The van der Waals surface area contributed by atoms with Gasteiger partial charge in [-0.3, -0.25) is 4.68 Å². The summed E-state index contributed by atoms with van der Waals surface area (Å²) in [5, 5.41) is 10.4. The molecule has 20 heavy (non-hydrogen) atoms. The topological polar surface area (TPSA) is 55.6 Å². The standard InChI is InChI=1S/C14H15N5S/c1-10(2)19-8-11(7-16-19)12-9-20-14(17-12)18-13-5-3-4-6-15-13/h3-10H,1-2H3,(H,15,17,18). The van der Waals surface area contributed by atoms with Gasteiger partial charge in [0.15, 0.2) is 5.13 Å². The molecule has 0 aliphatic heterocycles. The first kappa shape index (κ1) is 12.8. The van der Waals surface area contributed by atoms with Gasteiger partial charge in [0.05, 0.1) is 11.9 Å². The highest BCUT2D eigenvalue weighted by Gasteiger charge is 2.08. The third-order valence-electron chi connectivity index (χ3n) is 2.83. The molecule has 3 rings (SSSR count). The minimum absolute atomic E-state index is 0.355. The lowest BCUT2D eigenvalue weighted by atomic mass is 10.3. The summed E-state index contributed by atoms with van der Waals surface area (Å²) < 4.78 is 1.93. The van der Waals surface area contributed by atoms with E-state index in [0.717, 1.165) is 22.2 Å². The number of anilines is 2. The van der Waals surface area contributed by atoms with Crippen LogP contribution in [0.1, 0.15) is 19.9 Å². The molecule has 0 radical (unpaired) electrons. The lowest BCUT2D eigenvalue weighted by Gasteiger charge is -2.02. The van der Waals surface area contributed by atoms with Crippen LogP contribution in [0.3, 0.4) is 0 Å². The van der Waals surface area contributed by atoms with Crippen molar-refractivity contribution in [1.29, 1.82) is 0 Å². The van der Waals surface area contributed by atoms with Gasteiger partial charge in [0, 0.05) is 29.4 Å². The van der Waals surface area contributed by atoms with Crippen LogP contribution >= 0.6 is 11.3 Å². The lowest BCUT2D eigenvalue weighted by Crippen LogP contribution is -1.99. The monoisotopic (exact) mass is 285 g/mol. The number of hydrogen-bond acceptors (Lipinski definition) is 5. The summed E-state index contributed by atoms with van der Waals surface area (Å²) in [6.07, 6.45) is 5.62. The van der Waals surface area contributed by atoms with Crippen LogP contribution in [0.2, 0.25) is 0 Å². The third kappa shape index (κ3) is 2.70. The molecule has 3 heterocycles. The predicted molar refractivity (Wildman–Crippen MR) is 81.2 cm³/mol. The SMILES string of the molecule is CC(C)n1cc(-c2csc(Nc3ccccn3)n2)cn1. The fourth-order valence-corrected chi connectivity index (χ4v) is 2.49. The van der Waals surface area contributed by atoms with Gasteiger partial charge in [-0.2, -0.15) is 5.10 Å². The Morgan fingerprint density at radius 2 is 2.20 bits per heavy atom. The summed E-state index contributed by atoms with van der Waals surface area (Å²) in [5.41, 5.74) is 1.96. The number of nitrogens with zero attached hydrogens (tertiary/aromatic N) is 4. The van der Waals surface area contributed by atoms with Gasteiger partial charge in [-0.25, -0.2) is 9.97 Å². The van der Waals surface area contributed by atoms with Crippen LogP contribution in [0.25, 0.3) is 11.3 Å². The molecule has 3 aromatic heterocycles. The molecule has 0 atom stereocenters. The van der Waals surface area contributed by atoms with Crippen molar-refractivity contribution in [2.75, 3.05) is 5.32 Å². The van der Waals surface area contributed by atoms with Crippen LogP contribution in [0.5, 0.6) is 0 Å². The summed E-state index contributed by atoms with van der Waals surface area (Å²) in [6, 6.07) is 6.10. The average Bonchev–Trinajstić information content (AvgIpc) is 3.08. The largest absolute Gasteiger partial charge is 0.316 e. The maximum absolute atomic E-state index is 4.56. The molecule has 0 bridgehead atoms. The number of thiazole rings is 1. The number of nitrogens with one attached hydrogen (secondary N) is 1. The van der Waals surface area contributed by atoms with Gasteiger partial charge in [0.1, 0.15) is 5.82 Å². The van der Waals surface area contributed by atoms with E-state index >= 15 is 0 Å².